The molecule has 1 saturated heterocycles. The van der Waals surface area contributed by atoms with Gasteiger partial charge in [-0.1, -0.05) is 49.4 Å². The van der Waals surface area contributed by atoms with Crippen molar-refractivity contribution in [3.63, 3.8) is 0 Å². The first-order chi connectivity index (χ1) is 16.9. The van der Waals surface area contributed by atoms with Crippen LogP contribution in [0.4, 0.5) is 13.2 Å². The van der Waals surface area contributed by atoms with Crippen LogP contribution >= 0.6 is 0 Å². The Morgan fingerprint density at radius 1 is 0.943 bits per heavy atom. The summed E-state index contributed by atoms with van der Waals surface area (Å²) in [5.41, 5.74) is 2.84. The van der Waals surface area contributed by atoms with Crippen LogP contribution in [-0.2, 0) is 15.9 Å². The first kappa shape index (κ1) is 23.6. The van der Waals surface area contributed by atoms with E-state index in [0.29, 0.717) is 43.4 Å². The number of carbonyl (C=O) groups excluding carboxylic acids is 1. The second-order valence-electron chi connectivity index (χ2n) is 9.32. The van der Waals surface area contributed by atoms with Crippen molar-refractivity contribution >= 4 is 5.97 Å². The zero-order valence-corrected chi connectivity index (χ0v) is 19.5. The number of epoxide rings is 1. The molecule has 0 radical (unpaired) electrons. The van der Waals surface area contributed by atoms with Crippen molar-refractivity contribution in [3.8, 4) is 11.1 Å². The van der Waals surface area contributed by atoms with Gasteiger partial charge in [-0.3, -0.25) is 0 Å². The molecule has 2 fully saturated rings. The van der Waals surface area contributed by atoms with Crippen molar-refractivity contribution in [1.82, 2.24) is 0 Å². The Morgan fingerprint density at radius 3 is 2.29 bits per heavy atom. The summed E-state index contributed by atoms with van der Waals surface area (Å²) >= 11 is 0. The number of halogens is 3. The van der Waals surface area contributed by atoms with Crippen LogP contribution in [-0.4, -0.2) is 18.7 Å². The molecule has 1 unspecified atom stereocenters. The summed E-state index contributed by atoms with van der Waals surface area (Å²) in [5.74, 6) is -3.35. The van der Waals surface area contributed by atoms with E-state index in [9.17, 15) is 18.0 Å². The minimum absolute atomic E-state index is 0.00889. The van der Waals surface area contributed by atoms with Gasteiger partial charge in [0.1, 0.15) is 18.0 Å². The zero-order valence-electron chi connectivity index (χ0n) is 19.5. The average molecular weight is 481 g/mol. The van der Waals surface area contributed by atoms with E-state index in [2.05, 4.69) is 0 Å². The van der Waals surface area contributed by atoms with Gasteiger partial charge < -0.3 is 9.47 Å². The SMILES string of the molecule is CCc1ccc(-c2ccc(C(=O)OC3CCC(c4ccc(C5CO5)cc4F)CC3)c(F)c2F)cc1. The number of hydrogen-bond donors (Lipinski definition) is 0. The van der Waals surface area contributed by atoms with E-state index in [4.69, 9.17) is 9.47 Å². The molecule has 3 nitrogen and oxygen atoms in total. The molecular formula is C29H27F3O3. The fourth-order valence-electron chi connectivity index (χ4n) is 4.87. The molecule has 0 aromatic heterocycles. The smallest absolute Gasteiger partial charge is 0.341 e. The first-order valence-corrected chi connectivity index (χ1v) is 12.1. The molecule has 1 heterocycles. The second-order valence-corrected chi connectivity index (χ2v) is 9.32. The van der Waals surface area contributed by atoms with Crippen LogP contribution in [0.5, 0.6) is 0 Å². The molecule has 0 spiro atoms. The van der Waals surface area contributed by atoms with E-state index in [1.54, 1.807) is 12.1 Å². The van der Waals surface area contributed by atoms with Crippen molar-refractivity contribution in [2.45, 2.75) is 57.2 Å². The van der Waals surface area contributed by atoms with Crippen molar-refractivity contribution < 1.29 is 27.4 Å². The van der Waals surface area contributed by atoms with Crippen LogP contribution in [0.3, 0.4) is 0 Å². The lowest BCUT2D eigenvalue weighted by Gasteiger charge is -2.29. The molecule has 0 bridgehead atoms. The van der Waals surface area contributed by atoms with E-state index < -0.39 is 29.3 Å². The number of aryl methyl sites for hydroxylation is 1. The molecule has 182 valence electrons. The Labute approximate surface area is 202 Å². The number of rotatable bonds is 6. The number of benzene rings is 3. The minimum Gasteiger partial charge on any atom is -0.459 e. The normalized spacial score (nSPS) is 21.5. The maximum Gasteiger partial charge on any atom is 0.341 e. The minimum atomic E-state index is -1.21. The highest BCUT2D eigenvalue weighted by atomic mass is 19.2. The highest BCUT2D eigenvalue weighted by Crippen LogP contribution is 2.38. The number of ether oxygens (including phenoxy) is 2. The van der Waals surface area contributed by atoms with E-state index >= 15 is 0 Å². The van der Waals surface area contributed by atoms with Gasteiger partial charge >= 0.3 is 5.97 Å². The standard InChI is InChI=1S/C29H27F3O3/c1-2-17-3-5-19(6-4-17)23-13-14-24(28(32)27(23)31)29(33)35-21-10-7-18(8-11-21)22-12-9-20(15-25(22)30)26-16-34-26/h3-6,9,12-15,18,21,26H,2,7-8,10-11,16H2,1H3. The van der Waals surface area contributed by atoms with Gasteiger partial charge in [0.25, 0.3) is 0 Å². The molecule has 3 aromatic rings. The lowest BCUT2D eigenvalue weighted by molar-refractivity contribution is 0.0188. The fourth-order valence-corrected chi connectivity index (χ4v) is 4.87. The van der Waals surface area contributed by atoms with Gasteiger partial charge in [-0.05, 0) is 72.4 Å². The van der Waals surface area contributed by atoms with Crippen LogP contribution in [0.15, 0.2) is 54.6 Å². The van der Waals surface area contributed by atoms with Gasteiger partial charge in [0.05, 0.1) is 12.2 Å². The monoisotopic (exact) mass is 480 g/mol. The quantitative estimate of drug-likeness (QED) is 0.275. The van der Waals surface area contributed by atoms with E-state index in [1.165, 1.54) is 18.2 Å². The Balaban J connectivity index is 1.22. The maximum absolute atomic E-state index is 14.8. The molecule has 0 amide bonds. The molecule has 1 saturated carbocycles. The number of esters is 1. The molecule has 5 rings (SSSR count). The average Bonchev–Trinajstić information content (AvgIpc) is 3.72. The van der Waals surface area contributed by atoms with Crippen LogP contribution in [0.1, 0.15) is 71.7 Å². The molecule has 35 heavy (non-hydrogen) atoms. The second kappa shape index (κ2) is 9.86. The number of carbonyl (C=O) groups is 1. The van der Waals surface area contributed by atoms with Gasteiger partial charge in [-0.25, -0.2) is 18.0 Å². The van der Waals surface area contributed by atoms with Gasteiger partial charge in [-0.15, -0.1) is 0 Å². The van der Waals surface area contributed by atoms with Gasteiger partial charge in [0.15, 0.2) is 11.6 Å². The van der Waals surface area contributed by atoms with Gasteiger partial charge in [0, 0.05) is 5.56 Å². The highest BCUT2D eigenvalue weighted by molar-refractivity contribution is 5.90. The molecule has 2 aliphatic rings. The summed E-state index contributed by atoms with van der Waals surface area (Å²) in [6.45, 7) is 2.65. The molecule has 0 N–H and O–H groups in total. The summed E-state index contributed by atoms with van der Waals surface area (Å²) in [5, 5.41) is 0. The van der Waals surface area contributed by atoms with Crippen LogP contribution in [0.25, 0.3) is 11.1 Å². The van der Waals surface area contributed by atoms with Crippen molar-refractivity contribution in [3.05, 3.63) is 94.3 Å². The van der Waals surface area contributed by atoms with Crippen LogP contribution in [0.2, 0.25) is 0 Å². The Morgan fingerprint density at radius 2 is 1.66 bits per heavy atom. The molecule has 1 atom stereocenters. The van der Waals surface area contributed by atoms with E-state index in [-0.39, 0.29) is 23.4 Å². The van der Waals surface area contributed by atoms with Crippen LogP contribution < -0.4 is 0 Å². The van der Waals surface area contributed by atoms with Crippen molar-refractivity contribution in [2.24, 2.45) is 0 Å². The fraction of sp³-hybridized carbons (Fsp3) is 0.345. The lowest BCUT2D eigenvalue weighted by atomic mass is 9.82. The Hall–Kier alpha value is -3.12. The van der Waals surface area contributed by atoms with Gasteiger partial charge in [-0.2, -0.15) is 0 Å². The topological polar surface area (TPSA) is 38.8 Å². The van der Waals surface area contributed by atoms with E-state index in [1.807, 2.05) is 31.2 Å². The zero-order chi connectivity index (χ0) is 24.5. The lowest BCUT2D eigenvalue weighted by Crippen LogP contribution is -2.25. The number of hydrogen-bond acceptors (Lipinski definition) is 3. The van der Waals surface area contributed by atoms with E-state index in [0.717, 1.165) is 17.5 Å². The maximum atomic E-state index is 14.8. The predicted molar refractivity (Wildman–Crippen MR) is 127 cm³/mol. The predicted octanol–water partition coefficient (Wildman–Crippen LogP) is 7.29. The third-order valence-corrected chi connectivity index (χ3v) is 7.09. The molecule has 1 aliphatic carbocycles. The van der Waals surface area contributed by atoms with Crippen LogP contribution in [0, 0.1) is 17.5 Å². The third-order valence-electron chi connectivity index (χ3n) is 7.09. The summed E-state index contributed by atoms with van der Waals surface area (Å²) < 4.78 is 54.9. The summed E-state index contributed by atoms with van der Waals surface area (Å²) in [6.07, 6.45) is 2.82. The first-order valence-electron chi connectivity index (χ1n) is 12.1. The molecule has 6 heteroatoms. The van der Waals surface area contributed by atoms with Gasteiger partial charge in [0.2, 0.25) is 0 Å². The summed E-state index contributed by atoms with van der Waals surface area (Å²) in [4.78, 5) is 12.6. The third kappa shape index (κ3) is 4.98. The molecule has 3 aromatic carbocycles. The largest absolute Gasteiger partial charge is 0.459 e. The molecule has 1 aliphatic heterocycles. The molecular weight excluding hydrogens is 453 g/mol. The highest BCUT2D eigenvalue weighted by Gasteiger charge is 2.30. The van der Waals surface area contributed by atoms with Crippen molar-refractivity contribution in [2.75, 3.05) is 6.61 Å². The summed E-state index contributed by atoms with van der Waals surface area (Å²) in [7, 11) is 0. The van der Waals surface area contributed by atoms with Crippen molar-refractivity contribution in [1.29, 1.82) is 0 Å². The Kier molecular flexibility index (Phi) is 6.65. The summed E-state index contributed by atoms with van der Waals surface area (Å²) in [6, 6.07) is 15.2. The Bertz CT molecular complexity index is 1230.